The molecule has 1 rings (SSSR count). The van der Waals surface area contributed by atoms with Gasteiger partial charge in [-0.15, -0.1) is 0 Å². The van der Waals surface area contributed by atoms with Gasteiger partial charge in [0.15, 0.2) is 18.4 Å². The number of aryl methyl sites for hydroxylation is 1. The third kappa shape index (κ3) is 3.20. The Balaban J connectivity index is 2.67. The van der Waals surface area contributed by atoms with E-state index in [2.05, 4.69) is 6.58 Å². The van der Waals surface area contributed by atoms with Crippen LogP contribution in [0.4, 0.5) is 0 Å². The van der Waals surface area contributed by atoms with E-state index in [4.69, 9.17) is 4.74 Å². The Hall–Kier alpha value is -1.64. The first kappa shape index (κ1) is 11.4. The van der Waals surface area contributed by atoms with Gasteiger partial charge in [-0.25, -0.2) is 4.79 Å². The molecule has 1 heterocycles. The number of hydrogen-bond acceptors (Lipinski definition) is 2. The van der Waals surface area contributed by atoms with Crippen molar-refractivity contribution in [2.24, 2.45) is 0 Å². The summed E-state index contributed by atoms with van der Waals surface area (Å²) in [4.78, 5) is 11.3. The molecule has 0 saturated carbocycles. The predicted molar refractivity (Wildman–Crippen MR) is 57.1 cm³/mol. The zero-order valence-corrected chi connectivity index (χ0v) is 9.19. The molecular weight excluding hydrogens is 190 g/mol. The van der Waals surface area contributed by atoms with Crippen LogP contribution in [0.2, 0.25) is 0 Å². The zero-order valence-electron chi connectivity index (χ0n) is 9.19. The summed E-state index contributed by atoms with van der Waals surface area (Å²) < 4.78 is 6.82. The molecule has 1 aromatic heterocycles. The van der Waals surface area contributed by atoms with E-state index in [1.54, 1.807) is 6.92 Å². The molecule has 0 spiro atoms. The summed E-state index contributed by atoms with van der Waals surface area (Å²) in [5.41, 5.74) is 1.55. The molecule has 0 radical (unpaired) electrons. The molecule has 0 aliphatic carbocycles. The van der Waals surface area contributed by atoms with Crippen molar-refractivity contribution in [1.82, 2.24) is 0 Å². The monoisotopic (exact) mass is 206 g/mol. The molecular formula is C12H16NO2+. The highest BCUT2D eigenvalue weighted by Gasteiger charge is 2.14. The van der Waals surface area contributed by atoms with Gasteiger partial charge in [0.05, 0.1) is 12.2 Å². The van der Waals surface area contributed by atoms with Crippen LogP contribution < -0.4 is 4.57 Å². The van der Waals surface area contributed by atoms with Crippen LogP contribution in [-0.2, 0) is 16.1 Å². The van der Waals surface area contributed by atoms with Crippen LogP contribution in [0, 0.1) is 6.92 Å². The Morgan fingerprint density at radius 2 is 2.27 bits per heavy atom. The third-order valence-electron chi connectivity index (χ3n) is 2.09. The average molecular weight is 206 g/mol. The molecule has 0 aliphatic heterocycles. The van der Waals surface area contributed by atoms with Gasteiger partial charge in [-0.05, 0) is 6.92 Å². The summed E-state index contributed by atoms with van der Waals surface area (Å²) in [7, 11) is 0. The Morgan fingerprint density at radius 1 is 1.53 bits per heavy atom. The van der Waals surface area contributed by atoms with Crippen molar-refractivity contribution in [3.63, 3.8) is 0 Å². The van der Waals surface area contributed by atoms with Crippen LogP contribution in [-0.4, -0.2) is 12.6 Å². The average Bonchev–Trinajstić information content (AvgIpc) is 2.21. The van der Waals surface area contributed by atoms with Gasteiger partial charge in [-0.2, -0.15) is 4.57 Å². The molecule has 15 heavy (non-hydrogen) atoms. The quantitative estimate of drug-likeness (QED) is 0.423. The van der Waals surface area contributed by atoms with Gasteiger partial charge in [0.1, 0.15) is 0 Å². The molecule has 3 heteroatoms. The lowest BCUT2D eigenvalue weighted by molar-refractivity contribution is -0.694. The fourth-order valence-electron chi connectivity index (χ4n) is 1.24. The van der Waals surface area contributed by atoms with Crippen LogP contribution in [0.25, 0.3) is 0 Å². The Kier molecular flexibility index (Phi) is 4.03. The SMILES string of the molecule is C=C(C[n+]1ccccc1C)C(=O)OCC. The lowest BCUT2D eigenvalue weighted by atomic mass is 10.3. The lowest BCUT2D eigenvalue weighted by Gasteiger charge is -2.03. The van der Waals surface area contributed by atoms with E-state index in [9.17, 15) is 4.79 Å². The predicted octanol–water partition coefficient (Wildman–Crippen LogP) is 1.40. The second-order valence-electron chi connectivity index (χ2n) is 3.29. The lowest BCUT2D eigenvalue weighted by Crippen LogP contribution is -2.38. The number of carbonyl (C=O) groups is 1. The highest BCUT2D eigenvalue weighted by atomic mass is 16.5. The molecule has 0 bridgehead atoms. The molecule has 0 N–H and O–H groups in total. The molecule has 0 saturated heterocycles. The second kappa shape index (κ2) is 5.29. The van der Waals surface area contributed by atoms with E-state index in [0.717, 1.165) is 5.69 Å². The second-order valence-corrected chi connectivity index (χ2v) is 3.29. The maximum absolute atomic E-state index is 11.3. The molecule has 0 aliphatic rings. The van der Waals surface area contributed by atoms with E-state index in [0.29, 0.717) is 18.7 Å². The van der Waals surface area contributed by atoms with Crippen LogP contribution in [0.15, 0.2) is 36.5 Å². The molecule has 3 nitrogen and oxygen atoms in total. The number of aromatic nitrogens is 1. The molecule has 0 unspecified atom stereocenters. The fraction of sp³-hybridized carbons (Fsp3) is 0.333. The molecule has 0 aromatic carbocycles. The summed E-state index contributed by atoms with van der Waals surface area (Å²) in [5, 5.41) is 0. The van der Waals surface area contributed by atoms with Crippen molar-refractivity contribution in [3.8, 4) is 0 Å². The van der Waals surface area contributed by atoms with Crippen molar-refractivity contribution >= 4 is 5.97 Å². The summed E-state index contributed by atoms with van der Waals surface area (Å²) in [5.74, 6) is -0.326. The van der Waals surface area contributed by atoms with Gasteiger partial charge in [-0.1, -0.05) is 12.6 Å². The smallest absolute Gasteiger partial charge is 0.339 e. The van der Waals surface area contributed by atoms with E-state index in [-0.39, 0.29) is 5.97 Å². The van der Waals surface area contributed by atoms with Crippen molar-refractivity contribution in [2.75, 3.05) is 6.61 Å². The molecule has 0 fully saturated rings. The molecule has 0 amide bonds. The normalized spacial score (nSPS) is 9.73. The molecule has 1 aromatic rings. The van der Waals surface area contributed by atoms with Gasteiger partial charge in [0.2, 0.25) is 0 Å². The van der Waals surface area contributed by atoms with Gasteiger partial charge in [-0.3, -0.25) is 0 Å². The Morgan fingerprint density at radius 3 is 2.87 bits per heavy atom. The zero-order chi connectivity index (χ0) is 11.3. The first-order valence-corrected chi connectivity index (χ1v) is 4.95. The van der Waals surface area contributed by atoms with Crippen LogP contribution >= 0.6 is 0 Å². The minimum atomic E-state index is -0.326. The van der Waals surface area contributed by atoms with Crippen LogP contribution in [0.5, 0.6) is 0 Å². The van der Waals surface area contributed by atoms with Gasteiger partial charge < -0.3 is 4.74 Å². The number of hydrogen-bond donors (Lipinski definition) is 0. The number of nitrogens with zero attached hydrogens (tertiary/aromatic N) is 1. The maximum Gasteiger partial charge on any atom is 0.339 e. The van der Waals surface area contributed by atoms with E-state index < -0.39 is 0 Å². The highest BCUT2D eigenvalue weighted by Crippen LogP contribution is 1.96. The minimum absolute atomic E-state index is 0.326. The van der Waals surface area contributed by atoms with E-state index in [1.807, 2.05) is 35.9 Å². The number of esters is 1. The number of carbonyl (C=O) groups excluding carboxylic acids is 1. The Labute approximate surface area is 90.0 Å². The summed E-state index contributed by atoms with van der Waals surface area (Å²) in [6, 6.07) is 5.86. The van der Waals surface area contributed by atoms with Gasteiger partial charge in [0, 0.05) is 19.1 Å². The first-order valence-electron chi connectivity index (χ1n) is 4.95. The van der Waals surface area contributed by atoms with Crippen molar-refractivity contribution in [3.05, 3.63) is 42.2 Å². The largest absolute Gasteiger partial charge is 0.462 e. The summed E-state index contributed by atoms with van der Waals surface area (Å²) in [6.45, 7) is 8.35. The van der Waals surface area contributed by atoms with Crippen LogP contribution in [0.3, 0.4) is 0 Å². The van der Waals surface area contributed by atoms with E-state index >= 15 is 0 Å². The number of ether oxygens (including phenoxy) is 1. The summed E-state index contributed by atoms with van der Waals surface area (Å²) in [6.07, 6.45) is 1.92. The van der Waals surface area contributed by atoms with Crippen molar-refractivity contribution in [1.29, 1.82) is 0 Å². The molecule has 0 atom stereocenters. The standard InChI is InChI=1S/C12H16NO2/c1-4-15-12(14)10(2)9-13-8-6-5-7-11(13)3/h5-8H,2,4,9H2,1,3H3/q+1. The fourth-order valence-corrected chi connectivity index (χ4v) is 1.24. The maximum atomic E-state index is 11.3. The summed E-state index contributed by atoms with van der Waals surface area (Å²) >= 11 is 0. The first-order chi connectivity index (χ1) is 7.15. The third-order valence-corrected chi connectivity index (χ3v) is 2.09. The number of rotatable bonds is 4. The van der Waals surface area contributed by atoms with Gasteiger partial charge in [0.25, 0.3) is 0 Å². The van der Waals surface area contributed by atoms with Crippen LogP contribution in [0.1, 0.15) is 12.6 Å². The topological polar surface area (TPSA) is 30.2 Å². The highest BCUT2D eigenvalue weighted by molar-refractivity contribution is 5.87. The minimum Gasteiger partial charge on any atom is -0.462 e. The van der Waals surface area contributed by atoms with Crippen molar-refractivity contribution in [2.45, 2.75) is 20.4 Å². The van der Waals surface area contributed by atoms with E-state index in [1.165, 1.54) is 0 Å². The number of pyridine rings is 1. The Bertz CT molecular complexity index is 372. The molecule has 80 valence electrons. The van der Waals surface area contributed by atoms with Gasteiger partial charge >= 0.3 is 5.97 Å². The van der Waals surface area contributed by atoms with Crippen molar-refractivity contribution < 1.29 is 14.1 Å².